The number of nitrogens with one attached hydrogen (secondary N) is 2. The van der Waals surface area contributed by atoms with Gasteiger partial charge in [0, 0.05) is 24.7 Å². The summed E-state index contributed by atoms with van der Waals surface area (Å²) >= 11 is 0. The van der Waals surface area contributed by atoms with Crippen LogP contribution >= 0.6 is 0 Å². The molecule has 0 bridgehead atoms. The number of benzene rings is 2. The molecular formula is C18H26N2. The fourth-order valence-electron chi connectivity index (χ4n) is 2.17. The van der Waals surface area contributed by atoms with E-state index in [9.17, 15) is 0 Å². The molecule has 0 fully saturated rings. The van der Waals surface area contributed by atoms with Gasteiger partial charge in [0.2, 0.25) is 0 Å². The second-order valence-corrected chi connectivity index (χ2v) is 6.59. The molecule has 0 aromatic heterocycles. The van der Waals surface area contributed by atoms with Crippen molar-refractivity contribution in [1.82, 2.24) is 10.6 Å². The van der Waals surface area contributed by atoms with Crippen molar-refractivity contribution in [1.29, 1.82) is 0 Å². The molecule has 0 radical (unpaired) electrons. The van der Waals surface area contributed by atoms with Crippen molar-refractivity contribution < 1.29 is 0 Å². The van der Waals surface area contributed by atoms with E-state index in [0.29, 0.717) is 6.04 Å². The van der Waals surface area contributed by atoms with E-state index in [1.807, 2.05) is 0 Å². The number of hydrogen-bond acceptors (Lipinski definition) is 2. The summed E-state index contributed by atoms with van der Waals surface area (Å²) in [6, 6.07) is 15.6. The van der Waals surface area contributed by atoms with E-state index in [1.165, 1.54) is 16.3 Å². The van der Waals surface area contributed by atoms with Gasteiger partial charge in [0.15, 0.2) is 0 Å². The van der Waals surface area contributed by atoms with Crippen LogP contribution in [0.2, 0.25) is 0 Å². The van der Waals surface area contributed by atoms with Gasteiger partial charge in [-0.25, -0.2) is 0 Å². The summed E-state index contributed by atoms with van der Waals surface area (Å²) in [7, 11) is 0. The lowest BCUT2D eigenvalue weighted by atomic mass is 10.1. The molecule has 2 aromatic carbocycles. The Hall–Kier alpha value is -1.38. The van der Waals surface area contributed by atoms with Crippen LogP contribution in [0.25, 0.3) is 10.8 Å². The van der Waals surface area contributed by atoms with Gasteiger partial charge in [-0.1, -0.05) is 36.4 Å². The highest BCUT2D eigenvalue weighted by Gasteiger charge is 2.10. The number of rotatable bonds is 5. The summed E-state index contributed by atoms with van der Waals surface area (Å²) in [6.45, 7) is 10.7. The number of fused-ring (bicyclic) bond motifs is 1. The molecule has 2 nitrogen and oxygen atoms in total. The van der Waals surface area contributed by atoms with Gasteiger partial charge < -0.3 is 10.6 Å². The smallest absolute Gasteiger partial charge is 0.0208 e. The first-order chi connectivity index (χ1) is 9.44. The van der Waals surface area contributed by atoms with E-state index in [1.54, 1.807) is 0 Å². The van der Waals surface area contributed by atoms with Gasteiger partial charge in [0.25, 0.3) is 0 Å². The molecule has 20 heavy (non-hydrogen) atoms. The molecule has 0 aliphatic carbocycles. The zero-order valence-electron chi connectivity index (χ0n) is 13.0. The Morgan fingerprint density at radius 2 is 1.70 bits per heavy atom. The lowest BCUT2D eigenvalue weighted by Gasteiger charge is -2.24. The van der Waals surface area contributed by atoms with E-state index in [-0.39, 0.29) is 5.54 Å². The van der Waals surface area contributed by atoms with Crippen LogP contribution in [-0.4, -0.2) is 18.1 Å². The summed E-state index contributed by atoms with van der Waals surface area (Å²) in [6.07, 6.45) is 0. The van der Waals surface area contributed by atoms with Gasteiger partial charge in [-0.2, -0.15) is 0 Å². The maximum absolute atomic E-state index is 3.57. The summed E-state index contributed by atoms with van der Waals surface area (Å²) in [5.74, 6) is 0. The van der Waals surface area contributed by atoms with E-state index in [0.717, 1.165) is 13.1 Å². The summed E-state index contributed by atoms with van der Waals surface area (Å²) in [5, 5.41) is 9.72. The second-order valence-electron chi connectivity index (χ2n) is 6.59. The van der Waals surface area contributed by atoms with Crippen LogP contribution in [0.5, 0.6) is 0 Å². The maximum Gasteiger partial charge on any atom is 0.0208 e. The Morgan fingerprint density at radius 3 is 2.40 bits per heavy atom. The zero-order chi connectivity index (χ0) is 14.6. The Bertz CT molecular complexity index is 555. The normalized spacial score (nSPS) is 13.6. The van der Waals surface area contributed by atoms with Crippen LogP contribution < -0.4 is 10.6 Å². The first-order valence-corrected chi connectivity index (χ1v) is 7.40. The molecule has 0 spiro atoms. The van der Waals surface area contributed by atoms with Crippen molar-refractivity contribution in [2.24, 2.45) is 0 Å². The third kappa shape index (κ3) is 4.62. The van der Waals surface area contributed by atoms with Crippen molar-refractivity contribution in [3.05, 3.63) is 48.0 Å². The predicted molar refractivity (Wildman–Crippen MR) is 88.0 cm³/mol. The summed E-state index contributed by atoms with van der Waals surface area (Å²) < 4.78 is 0. The van der Waals surface area contributed by atoms with Gasteiger partial charge in [-0.3, -0.25) is 0 Å². The van der Waals surface area contributed by atoms with E-state index >= 15 is 0 Å². The topological polar surface area (TPSA) is 24.1 Å². The van der Waals surface area contributed by atoms with Crippen molar-refractivity contribution in [3.8, 4) is 0 Å². The average Bonchev–Trinajstić information content (AvgIpc) is 2.42. The largest absolute Gasteiger partial charge is 0.311 e. The third-order valence-corrected chi connectivity index (χ3v) is 3.41. The third-order valence-electron chi connectivity index (χ3n) is 3.41. The Balaban J connectivity index is 1.89. The second kappa shape index (κ2) is 6.38. The summed E-state index contributed by atoms with van der Waals surface area (Å²) in [5.41, 5.74) is 1.52. The van der Waals surface area contributed by atoms with Crippen molar-refractivity contribution in [3.63, 3.8) is 0 Å². The van der Waals surface area contributed by atoms with Crippen LogP contribution in [0.15, 0.2) is 42.5 Å². The van der Waals surface area contributed by atoms with Crippen LogP contribution in [0.4, 0.5) is 0 Å². The van der Waals surface area contributed by atoms with E-state index < -0.39 is 0 Å². The fourth-order valence-corrected chi connectivity index (χ4v) is 2.17. The van der Waals surface area contributed by atoms with Gasteiger partial charge in [-0.15, -0.1) is 0 Å². The molecular weight excluding hydrogens is 244 g/mol. The minimum absolute atomic E-state index is 0.179. The van der Waals surface area contributed by atoms with E-state index in [4.69, 9.17) is 0 Å². The molecule has 0 amide bonds. The monoisotopic (exact) mass is 270 g/mol. The SMILES string of the molecule is CC(CNC(C)(C)C)NCc1ccc2ccccc2c1. The van der Waals surface area contributed by atoms with Gasteiger partial charge in [0.1, 0.15) is 0 Å². The Kier molecular flexibility index (Phi) is 4.79. The molecule has 1 unspecified atom stereocenters. The molecule has 108 valence electrons. The maximum atomic E-state index is 3.57. The van der Waals surface area contributed by atoms with Crippen LogP contribution in [0, 0.1) is 0 Å². The number of hydrogen-bond donors (Lipinski definition) is 2. The van der Waals surface area contributed by atoms with E-state index in [2.05, 4.69) is 80.8 Å². The molecule has 2 aromatic rings. The molecule has 2 heteroatoms. The van der Waals surface area contributed by atoms with Crippen molar-refractivity contribution in [2.75, 3.05) is 6.54 Å². The lowest BCUT2D eigenvalue weighted by Crippen LogP contribution is -2.44. The summed E-state index contributed by atoms with van der Waals surface area (Å²) in [4.78, 5) is 0. The van der Waals surface area contributed by atoms with Gasteiger partial charge >= 0.3 is 0 Å². The first-order valence-electron chi connectivity index (χ1n) is 7.40. The average molecular weight is 270 g/mol. The minimum atomic E-state index is 0.179. The van der Waals surface area contributed by atoms with Crippen LogP contribution in [-0.2, 0) is 6.54 Å². The molecule has 1 atom stereocenters. The lowest BCUT2D eigenvalue weighted by molar-refractivity contribution is 0.387. The quantitative estimate of drug-likeness (QED) is 0.865. The molecule has 0 aliphatic heterocycles. The minimum Gasteiger partial charge on any atom is -0.311 e. The highest BCUT2D eigenvalue weighted by molar-refractivity contribution is 5.82. The molecule has 0 saturated heterocycles. The predicted octanol–water partition coefficient (Wildman–Crippen LogP) is 3.71. The van der Waals surface area contributed by atoms with Gasteiger partial charge in [0.05, 0.1) is 0 Å². The van der Waals surface area contributed by atoms with Crippen LogP contribution in [0.3, 0.4) is 0 Å². The fraction of sp³-hybridized carbons (Fsp3) is 0.444. The molecule has 2 N–H and O–H groups in total. The molecule has 0 saturated carbocycles. The highest BCUT2D eigenvalue weighted by atomic mass is 15.0. The molecule has 0 aliphatic rings. The Labute approximate surface area is 122 Å². The Morgan fingerprint density at radius 1 is 1.00 bits per heavy atom. The first kappa shape index (κ1) is 15.0. The standard InChI is InChI=1S/C18H26N2/c1-14(12-20-18(2,3)4)19-13-15-9-10-16-7-5-6-8-17(16)11-15/h5-11,14,19-20H,12-13H2,1-4H3. The molecule has 2 rings (SSSR count). The zero-order valence-corrected chi connectivity index (χ0v) is 13.0. The van der Waals surface area contributed by atoms with Crippen molar-refractivity contribution in [2.45, 2.75) is 45.8 Å². The highest BCUT2D eigenvalue weighted by Crippen LogP contribution is 2.15. The van der Waals surface area contributed by atoms with Crippen molar-refractivity contribution >= 4 is 10.8 Å². The van der Waals surface area contributed by atoms with Gasteiger partial charge in [-0.05, 0) is 50.1 Å². The molecule has 0 heterocycles. The van der Waals surface area contributed by atoms with Crippen LogP contribution in [0.1, 0.15) is 33.3 Å².